The first-order chi connectivity index (χ1) is 7.27. The molecule has 0 aromatic carbocycles. The fourth-order valence-corrected chi connectivity index (χ4v) is 2.81. The van der Waals surface area contributed by atoms with Crippen molar-refractivity contribution >= 4 is 11.3 Å². The van der Waals surface area contributed by atoms with Gasteiger partial charge in [0, 0.05) is 10.9 Å². The lowest BCUT2D eigenvalue weighted by Gasteiger charge is -2.23. The summed E-state index contributed by atoms with van der Waals surface area (Å²) in [5, 5.41) is 5.81. The quantitative estimate of drug-likeness (QED) is 0.746. The standard InChI is InChI=1S/C13H23NS/c1-4-8-14-13(5-2)11(3)10-12-7-6-9-15-12/h6-7,9,11,13-14H,4-5,8,10H2,1-3H3. The van der Waals surface area contributed by atoms with Crippen LogP contribution in [0.2, 0.25) is 0 Å². The number of hydrogen-bond acceptors (Lipinski definition) is 2. The van der Waals surface area contributed by atoms with Crippen LogP contribution in [-0.2, 0) is 6.42 Å². The second kappa shape index (κ2) is 7.02. The van der Waals surface area contributed by atoms with Crippen LogP contribution in [0.15, 0.2) is 17.5 Å². The molecule has 0 aliphatic carbocycles. The van der Waals surface area contributed by atoms with Crippen molar-refractivity contribution in [1.82, 2.24) is 5.32 Å². The van der Waals surface area contributed by atoms with Crippen LogP contribution in [0, 0.1) is 5.92 Å². The van der Waals surface area contributed by atoms with Gasteiger partial charge in [0.05, 0.1) is 0 Å². The molecule has 0 bridgehead atoms. The molecule has 1 aromatic heterocycles. The Labute approximate surface area is 97.9 Å². The maximum atomic E-state index is 3.64. The second-order valence-corrected chi connectivity index (χ2v) is 5.26. The Kier molecular flexibility index (Phi) is 5.96. The van der Waals surface area contributed by atoms with E-state index in [1.54, 1.807) is 0 Å². The van der Waals surface area contributed by atoms with Gasteiger partial charge in [-0.05, 0) is 43.2 Å². The minimum absolute atomic E-state index is 0.673. The largest absolute Gasteiger partial charge is 0.314 e. The van der Waals surface area contributed by atoms with Crippen molar-refractivity contribution in [2.45, 2.75) is 46.1 Å². The topological polar surface area (TPSA) is 12.0 Å². The number of rotatable bonds is 7. The van der Waals surface area contributed by atoms with Gasteiger partial charge in [-0.15, -0.1) is 11.3 Å². The molecule has 1 aromatic rings. The molecule has 2 atom stereocenters. The minimum Gasteiger partial charge on any atom is -0.314 e. The molecule has 0 amide bonds. The van der Waals surface area contributed by atoms with Gasteiger partial charge in [0.1, 0.15) is 0 Å². The summed E-state index contributed by atoms with van der Waals surface area (Å²) in [4.78, 5) is 1.51. The van der Waals surface area contributed by atoms with Gasteiger partial charge in [-0.25, -0.2) is 0 Å². The van der Waals surface area contributed by atoms with E-state index < -0.39 is 0 Å². The average Bonchev–Trinajstić information content (AvgIpc) is 2.71. The molecule has 0 fully saturated rings. The third-order valence-electron chi connectivity index (χ3n) is 2.89. The third-order valence-corrected chi connectivity index (χ3v) is 3.79. The Morgan fingerprint density at radius 2 is 2.20 bits per heavy atom. The lowest BCUT2D eigenvalue weighted by molar-refractivity contribution is 0.366. The van der Waals surface area contributed by atoms with Crippen LogP contribution in [0.4, 0.5) is 0 Å². The van der Waals surface area contributed by atoms with Crippen molar-refractivity contribution in [2.24, 2.45) is 5.92 Å². The Morgan fingerprint density at radius 1 is 1.40 bits per heavy atom. The Bertz CT molecular complexity index is 243. The summed E-state index contributed by atoms with van der Waals surface area (Å²) in [5.41, 5.74) is 0. The van der Waals surface area contributed by atoms with E-state index in [2.05, 4.69) is 43.6 Å². The van der Waals surface area contributed by atoms with Crippen molar-refractivity contribution < 1.29 is 0 Å². The highest BCUT2D eigenvalue weighted by Crippen LogP contribution is 2.18. The summed E-state index contributed by atoms with van der Waals surface area (Å²) in [7, 11) is 0. The summed E-state index contributed by atoms with van der Waals surface area (Å²) in [6.45, 7) is 8.01. The third kappa shape index (κ3) is 4.35. The van der Waals surface area contributed by atoms with Crippen LogP contribution in [0.3, 0.4) is 0 Å². The molecule has 1 rings (SSSR count). The number of hydrogen-bond donors (Lipinski definition) is 1. The van der Waals surface area contributed by atoms with E-state index in [0.717, 1.165) is 12.5 Å². The fraction of sp³-hybridized carbons (Fsp3) is 0.692. The summed E-state index contributed by atoms with van der Waals surface area (Å²) in [6.07, 6.45) is 3.67. The molecule has 1 N–H and O–H groups in total. The summed E-state index contributed by atoms with van der Waals surface area (Å²) < 4.78 is 0. The smallest absolute Gasteiger partial charge is 0.00935 e. The monoisotopic (exact) mass is 225 g/mol. The normalized spacial score (nSPS) is 15.1. The summed E-state index contributed by atoms with van der Waals surface area (Å²) >= 11 is 1.88. The summed E-state index contributed by atoms with van der Waals surface area (Å²) in [6, 6.07) is 5.06. The lowest BCUT2D eigenvalue weighted by atomic mass is 9.95. The van der Waals surface area contributed by atoms with Crippen molar-refractivity contribution in [1.29, 1.82) is 0 Å². The van der Waals surface area contributed by atoms with Crippen LogP contribution >= 0.6 is 11.3 Å². The molecule has 2 unspecified atom stereocenters. The second-order valence-electron chi connectivity index (χ2n) is 4.23. The molecule has 0 aliphatic heterocycles. The molecule has 15 heavy (non-hydrogen) atoms. The maximum Gasteiger partial charge on any atom is 0.00935 e. The van der Waals surface area contributed by atoms with Crippen molar-refractivity contribution in [3.63, 3.8) is 0 Å². The zero-order valence-corrected chi connectivity index (χ0v) is 10.9. The predicted molar refractivity (Wildman–Crippen MR) is 69.6 cm³/mol. The average molecular weight is 225 g/mol. The van der Waals surface area contributed by atoms with Crippen LogP contribution in [0.25, 0.3) is 0 Å². The first kappa shape index (κ1) is 12.7. The Balaban J connectivity index is 2.39. The van der Waals surface area contributed by atoms with Gasteiger partial charge >= 0.3 is 0 Å². The van der Waals surface area contributed by atoms with E-state index in [-0.39, 0.29) is 0 Å². The van der Waals surface area contributed by atoms with E-state index >= 15 is 0 Å². The molecule has 1 heterocycles. The van der Waals surface area contributed by atoms with Gasteiger partial charge < -0.3 is 5.32 Å². The molecule has 1 nitrogen and oxygen atoms in total. The number of thiophene rings is 1. The van der Waals surface area contributed by atoms with Gasteiger partial charge in [0.25, 0.3) is 0 Å². The molecule has 0 saturated carbocycles. The molecular weight excluding hydrogens is 202 g/mol. The van der Waals surface area contributed by atoms with Crippen molar-refractivity contribution in [2.75, 3.05) is 6.54 Å². The first-order valence-corrected chi connectivity index (χ1v) is 6.91. The first-order valence-electron chi connectivity index (χ1n) is 6.03. The van der Waals surface area contributed by atoms with Crippen LogP contribution in [0.1, 0.15) is 38.5 Å². The molecular formula is C13H23NS. The SMILES string of the molecule is CCCNC(CC)C(C)Cc1cccs1. The van der Waals surface area contributed by atoms with E-state index in [1.807, 2.05) is 11.3 Å². The zero-order chi connectivity index (χ0) is 11.1. The van der Waals surface area contributed by atoms with E-state index in [0.29, 0.717) is 6.04 Å². The van der Waals surface area contributed by atoms with E-state index in [9.17, 15) is 0 Å². The van der Waals surface area contributed by atoms with Gasteiger partial charge in [-0.1, -0.05) is 26.8 Å². The van der Waals surface area contributed by atoms with Gasteiger partial charge in [-0.3, -0.25) is 0 Å². The van der Waals surface area contributed by atoms with Gasteiger partial charge in [0.15, 0.2) is 0 Å². The van der Waals surface area contributed by atoms with E-state index in [4.69, 9.17) is 0 Å². The molecule has 0 radical (unpaired) electrons. The Hall–Kier alpha value is -0.340. The minimum atomic E-state index is 0.673. The maximum absolute atomic E-state index is 3.64. The highest BCUT2D eigenvalue weighted by molar-refractivity contribution is 7.09. The van der Waals surface area contributed by atoms with Crippen molar-refractivity contribution in [3.05, 3.63) is 22.4 Å². The molecule has 0 spiro atoms. The molecule has 0 aliphatic rings. The van der Waals surface area contributed by atoms with Crippen LogP contribution in [-0.4, -0.2) is 12.6 Å². The van der Waals surface area contributed by atoms with Gasteiger partial charge in [0.2, 0.25) is 0 Å². The van der Waals surface area contributed by atoms with E-state index in [1.165, 1.54) is 24.1 Å². The number of nitrogens with one attached hydrogen (secondary N) is 1. The highest BCUT2D eigenvalue weighted by Gasteiger charge is 2.15. The molecule has 0 saturated heterocycles. The van der Waals surface area contributed by atoms with Crippen LogP contribution in [0.5, 0.6) is 0 Å². The molecule has 86 valence electrons. The van der Waals surface area contributed by atoms with Gasteiger partial charge in [-0.2, -0.15) is 0 Å². The Morgan fingerprint density at radius 3 is 2.73 bits per heavy atom. The van der Waals surface area contributed by atoms with Crippen LogP contribution < -0.4 is 5.32 Å². The highest BCUT2D eigenvalue weighted by atomic mass is 32.1. The lowest BCUT2D eigenvalue weighted by Crippen LogP contribution is -2.35. The summed E-state index contributed by atoms with van der Waals surface area (Å²) in [5.74, 6) is 0.736. The zero-order valence-electron chi connectivity index (χ0n) is 10.1. The predicted octanol–water partition coefficient (Wildman–Crippen LogP) is 3.70. The van der Waals surface area contributed by atoms with Crippen molar-refractivity contribution in [3.8, 4) is 0 Å². The molecule has 2 heteroatoms. The fourth-order valence-electron chi connectivity index (χ4n) is 1.97.